The number of anilines is 1. The Hall–Kier alpha value is -3.16. The second-order valence-corrected chi connectivity index (χ2v) is 3.90. The number of phenolic OH excluding ortho intramolecular Hbond substituents is 1. The van der Waals surface area contributed by atoms with Crippen LogP contribution in [0.3, 0.4) is 0 Å². The fourth-order valence-electron chi connectivity index (χ4n) is 1.60. The molecular formula is C13H12N4O4. The van der Waals surface area contributed by atoms with Gasteiger partial charge in [-0.2, -0.15) is 5.10 Å². The first kappa shape index (κ1) is 14.3. The van der Waals surface area contributed by atoms with Gasteiger partial charge in [-0.05, 0) is 18.2 Å². The number of hydrazone groups is 1. The number of nitro groups is 1. The Balaban J connectivity index is 2.19. The molecule has 108 valence electrons. The van der Waals surface area contributed by atoms with Gasteiger partial charge in [0.1, 0.15) is 0 Å². The molecule has 0 saturated carbocycles. The molecule has 0 aliphatic heterocycles. The Kier molecular flexibility index (Phi) is 4.30. The summed E-state index contributed by atoms with van der Waals surface area (Å²) in [5.41, 5.74) is 2.69. The number of phenols is 1. The highest BCUT2D eigenvalue weighted by Gasteiger charge is 2.13. The number of nitrogens with zero attached hydrogens (tertiary/aromatic N) is 3. The zero-order chi connectivity index (χ0) is 15.2. The van der Waals surface area contributed by atoms with Gasteiger partial charge >= 0.3 is 5.69 Å². The van der Waals surface area contributed by atoms with Crippen molar-refractivity contribution in [3.63, 3.8) is 0 Å². The van der Waals surface area contributed by atoms with Gasteiger partial charge in [0.25, 0.3) is 0 Å². The number of para-hydroxylation sites is 1. The van der Waals surface area contributed by atoms with Gasteiger partial charge in [0.15, 0.2) is 11.5 Å². The van der Waals surface area contributed by atoms with E-state index < -0.39 is 4.92 Å². The lowest BCUT2D eigenvalue weighted by atomic mass is 10.2. The second-order valence-electron chi connectivity index (χ2n) is 3.90. The lowest BCUT2D eigenvalue weighted by Crippen LogP contribution is -1.99. The molecule has 0 aliphatic rings. The van der Waals surface area contributed by atoms with Crippen molar-refractivity contribution in [3.05, 3.63) is 52.2 Å². The van der Waals surface area contributed by atoms with Crippen molar-refractivity contribution in [2.24, 2.45) is 5.10 Å². The Morgan fingerprint density at radius 1 is 1.43 bits per heavy atom. The van der Waals surface area contributed by atoms with E-state index in [1.165, 1.54) is 31.7 Å². The highest BCUT2D eigenvalue weighted by atomic mass is 16.6. The Labute approximate surface area is 119 Å². The molecule has 0 fully saturated rings. The molecular weight excluding hydrogens is 276 g/mol. The van der Waals surface area contributed by atoms with E-state index in [-0.39, 0.29) is 17.3 Å². The largest absolute Gasteiger partial charge is 0.504 e. The zero-order valence-corrected chi connectivity index (χ0v) is 11.1. The normalized spacial score (nSPS) is 10.5. The third-order valence-electron chi connectivity index (χ3n) is 2.61. The summed E-state index contributed by atoms with van der Waals surface area (Å²) in [4.78, 5) is 14.1. The number of hydrogen-bond acceptors (Lipinski definition) is 7. The Morgan fingerprint density at radius 2 is 2.24 bits per heavy atom. The summed E-state index contributed by atoms with van der Waals surface area (Å²) >= 11 is 0. The summed E-state index contributed by atoms with van der Waals surface area (Å²) in [6.45, 7) is 0. The number of benzene rings is 1. The average molecular weight is 288 g/mol. The van der Waals surface area contributed by atoms with Crippen LogP contribution in [-0.2, 0) is 0 Å². The quantitative estimate of drug-likeness (QED) is 0.495. The van der Waals surface area contributed by atoms with E-state index in [4.69, 9.17) is 4.74 Å². The number of nitrogens with one attached hydrogen (secondary N) is 1. The minimum Gasteiger partial charge on any atom is -0.504 e. The number of ether oxygens (including phenoxy) is 1. The van der Waals surface area contributed by atoms with E-state index in [9.17, 15) is 15.2 Å². The molecule has 2 rings (SSSR count). The molecule has 8 heteroatoms. The lowest BCUT2D eigenvalue weighted by molar-refractivity contribution is -0.384. The van der Waals surface area contributed by atoms with E-state index >= 15 is 0 Å². The van der Waals surface area contributed by atoms with Crippen LogP contribution < -0.4 is 10.2 Å². The second kappa shape index (κ2) is 6.33. The summed E-state index contributed by atoms with van der Waals surface area (Å²) in [7, 11) is 1.44. The van der Waals surface area contributed by atoms with Crippen LogP contribution >= 0.6 is 0 Å². The molecule has 0 amide bonds. The number of aromatic nitrogens is 1. The van der Waals surface area contributed by atoms with Gasteiger partial charge in [-0.25, -0.2) is 4.98 Å². The topological polar surface area (TPSA) is 110 Å². The minimum atomic E-state index is -0.562. The first-order chi connectivity index (χ1) is 10.1. The third kappa shape index (κ3) is 3.24. The zero-order valence-electron chi connectivity index (χ0n) is 11.1. The smallest absolute Gasteiger partial charge is 0.313 e. The third-order valence-corrected chi connectivity index (χ3v) is 2.61. The van der Waals surface area contributed by atoms with Crippen LogP contribution in [0.15, 0.2) is 41.6 Å². The Morgan fingerprint density at radius 3 is 2.95 bits per heavy atom. The lowest BCUT2D eigenvalue weighted by Gasteiger charge is -2.05. The maximum atomic E-state index is 10.8. The van der Waals surface area contributed by atoms with Gasteiger partial charge in [0.2, 0.25) is 5.82 Å². The van der Waals surface area contributed by atoms with E-state index in [2.05, 4.69) is 15.5 Å². The van der Waals surface area contributed by atoms with Crippen LogP contribution in [0.5, 0.6) is 11.5 Å². The van der Waals surface area contributed by atoms with Crippen LogP contribution in [0.4, 0.5) is 11.5 Å². The first-order valence-electron chi connectivity index (χ1n) is 5.88. The van der Waals surface area contributed by atoms with E-state index in [1.807, 2.05) is 0 Å². The summed E-state index contributed by atoms with van der Waals surface area (Å²) in [6, 6.07) is 7.68. The van der Waals surface area contributed by atoms with Crippen LogP contribution in [0, 0.1) is 10.1 Å². The van der Waals surface area contributed by atoms with Crippen molar-refractivity contribution < 1.29 is 14.8 Å². The van der Waals surface area contributed by atoms with Gasteiger partial charge in [-0.15, -0.1) is 0 Å². The molecule has 21 heavy (non-hydrogen) atoms. The SMILES string of the molecule is COc1cccc(/C=N\Nc2ncccc2[N+](=O)[O-])c1O. The molecule has 0 radical (unpaired) electrons. The molecule has 2 aromatic rings. The first-order valence-corrected chi connectivity index (χ1v) is 5.88. The van der Waals surface area contributed by atoms with Crippen LogP contribution in [0.25, 0.3) is 0 Å². The summed E-state index contributed by atoms with van der Waals surface area (Å²) in [5, 5.41) is 24.5. The molecule has 0 spiro atoms. The predicted octanol–water partition coefficient (Wildman–Crippen LogP) is 2.15. The van der Waals surface area contributed by atoms with Crippen molar-refractivity contribution >= 4 is 17.7 Å². The molecule has 1 aromatic carbocycles. The minimum absolute atomic E-state index is 0.0149. The molecule has 0 aliphatic carbocycles. The molecule has 0 saturated heterocycles. The number of aromatic hydroxyl groups is 1. The molecule has 0 unspecified atom stereocenters. The molecule has 1 heterocycles. The monoisotopic (exact) mass is 288 g/mol. The van der Waals surface area contributed by atoms with Crippen molar-refractivity contribution in [2.45, 2.75) is 0 Å². The molecule has 0 bridgehead atoms. The van der Waals surface area contributed by atoms with Gasteiger partial charge in [0.05, 0.1) is 18.2 Å². The molecule has 0 atom stereocenters. The Bertz CT molecular complexity index is 688. The van der Waals surface area contributed by atoms with Crippen molar-refractivity contribution in [3.8, 4) is 11.5 Å². The maximum Gasteiger partial charge on any atom is 0.313 e. The van der Waals surface area contributed by atoms with Gasteiger partial charge in [-0.1, -0.05) is 6.07 Å². The predicted molar refractivity (Wildman–Crippen MR) is 76.8 cm³/mol. The summed E-state index contributed by atoms with van der Waals surface area (Å²) < 4.78 is 4.97. The highest BCUT2D eigenvalue weighted by molar-refractivity contribution is 5.85. The van der Waals surface area contributed by atoms with Crippen molar-refractivity contribution in [1.82, 2.24) is 4.98 Å². The van der Waals surface area contributed by atoms with Crippen molar-refractivity contribution in [2.75, 3.05) is 12.5 Å². The van der Waals surface area contributed by atoms with Gasteiger partial charge in [0, 0.05) is 17.8 Å². The highest BCUT2D eigenvalue weighted by Crippen LogP contribution is 2.28. The number of rotatable bonds is 5. The summed E-state index contributed by atoms with van der Waals surface area (Å²) in [6.07, 6.45) is 2.73. The molecule has 2 N–H and O–H groups in total. The number of methoxy groups -OCH3 is 1. The fraction of sp³-hybridized carbons (Fsp3) is 0.0769. The van der Waals surface area contributed by atoms with Gasteiger partial charge < -0.3 is 9.84 Å². The maximum absolute atomic E-state index is 10.8. The standard InChI is InChI=1S/C13H12N4O4/c1-21-11-6-2-4-9(12(11)18)8-15-16-13-10(17(19)20)5-3-7-14-13/h2-8,18H,1H3,(H,14,16)/b15-8-. The fourth-order valence-corrected chi connectivity index (χ4v) is 1.60. The van der Waals surface area contributed by atoms with Gasteiger partial charge in [-0.3, -0.25) is 15.5 Å². The van der Waals surface area contributed by atoms with Crippen molar-refractivity contribution in [1.29, 1.82) is 0 Å². The van der Waals surface area contributed by atoms with Crippen LogP contribution in [-0.4, -0.2) is 28.3 Å². The van der Waals surface area contributed by atoms with E-state index in [1.54, 1.807) is 18.2 Å². The van der Waals surface area contributed by atoms with E-state index in [0.29, 0.717) is 11.3 Å². The van der Waals surface area contributed by atoms with E-state index in [0.717, 1.165) is 0 Å². The average Bonchev–Trinajstić information content (AvgIpc) is 2.49. The molecule has 1 aromatic heterocycles. The van der Waals surface area contributed by atoms with Crippen LogP contribution in [0.2, 0.25) is 0 Å². The molecule has 8 nitrogen and oxygen atoms in total. The number of hydrogen-bond donors (Lipinski definition) is 2. The van der Waals surface area contributed by atoms with Crippen LogP contribution in [0.1, 0.15) is 5.56 Å². The number of pyridine rings is 1. The summed E-state index contributed by atoms with van der Waals surface area (Å²) in [5.74, 6) is 0.255.